The number of hydrogen-bond acceptors (Lipinski definition) is 2. The van der Waals surface area contributed by atoms with Gasteiger partial charge in [-0.3, -0.25) is 9.59 Å². The number of primary amides is 1. The van der Waals surface area contributed by atoms with E-state index in [1.54, 1.807) is 30.3 Å². The molecule has 2 aromatic rings. The lowest BCUT2D eigenvalue weighted by molar-refractivity contribution is -0.137. The molecule has 4 nitrogen and oxygen atoms in total. The normalized spacial score (nSPS) is 12.5. The zero-order valence-electron chi connectivity index (χ0n) is 11.8. The van der Waals surface area contributed by atoms with E-state index in [1.165, 1.54) is 0 Å². The molecule has 23 heavy (non-hydrogen) atoms. The molecule has 0 saturated carbocycles. The molecule has 3 N–H and O–H groups in total. The second-order valence-electron chi connectivity index (χ2n) is 4.79. The van der Waals surface area contributed by atoms with Crippen molar-refractivity contribution in [3.8, 4) is 0 Å². The highest BCUT2D eigenvalue weighted by Crippen LogP contribution is 2.29. The van der Waals surface area contributed by atoms with Crippen LogP contribution in [-0.4, -0.2) is 11.8 Å². The van der Waals surface area contributed by atoms with E-state index in [1.807, 2.05) is 0 Å². The van der Waals surface area contributed by atoms with E-state index in [2.05, 4.69) is 5.32 Å². The molecule has 0 heterocycles. The molecule has 2 amide bonds. The molecule has 1 atom stereocenters. The smallest absolute Gasteiger partial charge is 0.368 e. The summed E-state index contributed by atoms with van der Waals surface area (Å²) in [7, 11) is 0. The largest absolute Gasteiger partial charge is 0.416 e. The Bertz CT molecular complexity index is 698. The highest BCUT2D eigenvalue weighted by Gasteiger charge is 2.30. The van der Waals surface area contributed by atoms with Crippen LogP contribution in [0, 0.1) is 0 Å². The molecule has 0 aromatic heterocycles. The van der Waals surface area contributed by atoms with Gasteiger partial charge in [-0.05, 0) is 29.8 Å². The Morgan fingerprint density at radius 2 is 1.52 bits per heavy atom. The van der Waals surface area contributed by atoms with Gasteiger partial charge in [0.1, 0.15) is 6.04 Å². The third kappa shape index (κ3) is 4.09. The molecular weight excluding hydrogens is 309 g/mol. The van der Waals surface area contributed by atoms with Crippen molar-refractivity contribution in [3.05, 3.63) is 71.3 Å². The van der Waals surface area contributed by atoms with E-state index in [-0.39, 0.29) is 5.56 Å². The Balaban J connectivity index is 2.18. The maximum absolute atomic E-state index is 12.5. The number of alkyl halides is 3. The van der Waals surface area contributed by atoms with Crippen LogP contribution in [0.15, 0.2) is 54.6 Å². The predicted octanol–water partition coefficient (Wildman–Crippen LogP) is 2.66. The molecule has 0 unspecified atom stereocenters. The first kappa shape index (κ1) is 16.5. The predicted molar refractivity (Wildman–Crippen MR) is 77.3 cm³/mol. The van der Waals surface area contributed by atoms with Gasteiger partial charge in [0.2, 0.25) is 5.91 Å². The highest BCUT2D eigenvalue weighted by atomic mass is 19.4. The molecule has 7 heteroatoms. The summed E-state index contributed by atoms with van der Waals surface area (Å²) in [5, 5.41) is 2.41. The third-order valence-corrected chi connectivity index (χ3v) is 3.17. The molecule has 0 radical (unpaired) electrons. The van der Waals surface area contributed by atoms with Gasteiger partial charge in [-0.15, -0.1) is 0 Å². The Hall–Kier alpha value is -2.83. The summed E-state index contributed by atoms with van der Waals surface area (Å²) >= 11 is 0. The summed E-state index contributed by atoms with van der Waals surface area (Å²) in [4.78, 5) is 23.6. The van der Waals surface area contributed by atoms with Gasteiger partial charge in [0.15, 0.2) is 0 Å². The van der Waals surface area contributed by atoms with Crippen molar-refractivity contribution in [2.75, 3.05) is 0 Å². The molecule has 2 aromatic carbocycles. The van der Waals surface area contributed by atoms with Crippen LogP contribution in [0.1, 0.15) is 27.5 Å². The Morgan fingerprint density at radius 3 is 2.00 bits per heavy atom. The molecule has 0 fully saturated rings. The number of benzene rings is 2. The SMILES string of the molecule is NC(=O)[C@H](NC(=O)c1ccc(C(F)(F)F)cc1)c1ccccc1. The van der Waals surface area contributed by atoms with E-state index >= 15 is 0 Å². The van der Waals surface area contributed by atoms with Crippen LogP contribution < -0.4 is 11.1 Å². The summed E-state index contributed by atoms with van der Waals surface area (Å²) < 4.78 is 37.5. The maximum Gasteiger partial charge on any atom is 0.416 e. The molecular formula is C16H13F3N2O2. The molecule has 0 aliphatic carbocycles. The van der Waals surface area contributed by atoms with Crippen LogP contribution in [-0.2, 0) is 11.0 Å². The van der Waals surface area contributed by atoms with Crippen molar-refractivity contribution in [2.24, 2.45) is 5.73 Å². The number of hydrogen-bond donors (Lipinski definition) is 2. The lowest BCUT2D eigenvalue weighted by atomic mass is 10.1. The van der Waals surface area contributed by atoms with Crippen LogP contribution >= 0.6 is 0 Å². The van der Waals surface area contributed by atoms with Crippen molar-refractivity contribution in [1.29, 1.82) is 0 Å². The maximum atomic E-state index is 12.5. The summed E-state index contributed by atoms with van der Waals surface area (Å²) in [5.41, 5.74) is 4.90. The van der Waals surface area contributed by atoms with Crippen LogP contribution in [0.2, 0.25) is 0 Å². The first-order valence-electron chi connectivity index (χ1n) is 6.61. The monoisotopic (exact) mass is 322 g/mol. The minimum atomic E-state index is -4.48. The molecule has 0 saturated heterocycles. The van der Waals surface area contributed by atoms with Gasteiger partial charge in [-0.2, -0.15) is 13.2 Å². The van der Waals surface area contributed by atoms with E-state index in [4.69, 9.17) is 5.73 Å². The van der Waals surface area contributed by atoms with E-state index < -0.39 is 29.6 Å². The van der Waals surface area contributed by atoms with E-state index in [9.17, 15) is 22.8 Å². The van der Waals surface area contributed by atoms with Gasteiger partial charge in [-0.25, -0.2) is 0 Å². The number of nitrogens with one attached hydrogen (secondary N) is 1. The lowest BCUT2D eigenvalue weighted by Crippen LogP contribution is -2.37. The van der Waals surface area contributed by atoms with Crippen molar-refractivity contribution in [1.82, 2.24) is 5.32 Å². The van der Waals surface area contributed by atoms with Crippen molar-refractivity contribution in [2.45, 2.75) is 12.2 Å². The van der Waals surface area contributed by atoms with E-state index in [0.29, 0.717) is 5.56 Å². The van der Waals surface area contributed by atoms with Crippen LogP contribution in [0.3, 0.4) is 0 Å². The Morgan fingerprint density at radius 1 is 0.957 bits per heavy atom. The minimum absolute atomic E-state index is 0.000168. The average Bonchev–Trinajstić information content (AvgIpc) is 2.52. The molecule has 0 bridgehead atoms. The molecule has 120 valence electrons. The van der Waals surface area contributed by atoms with Gasteiger partial charge >= 0.3 is 6.18 Å². The second-order valence-corrected chi connectivity index (χ2v) is 4.79. The zero-order valence-corrected chi connectivity index (χ0v) is 11.8. The molecule has 2 rings (SSSR count). The van der Waals surface area contributed by atoms with Crippen molar-refractivity contribution in [3.63, 3.8) is 0 Å². The van der Waals surface area contributed by atoms with Gasteiger partial charge < -0.3 is 11.1 Å². The van der Waals surface area contributed by atoms with Crippen molar-refractivity contribution < 1.29 is 22.8 Å². The number of rotatable bonds is 4. The zero-order chi connectivity index (χ0) is 17.0. The van der Waals surface area contributed by atoms with Crippen LogP contribution in [0.25, 0.3) is 0 Å². The van der Waals surface area contributed by atoms with E-state index in [0.717, 1.165) is 24.3 Å². The van der Waals surface area contributed by atoms with Gasteiger partial charge in [0, 0.05) is 5.56 Å². The van der Waals surface area contributed by atoms with Crippen LogP contribution in [0.4, 0.5) is 13.2 Å². The minimum Gasteiger partial charge on any atom is -0.368 e. The van der Waals surface area contributed by atoms with Gasteiger partial charge in [0.05, 0.1) is 5.56 Å². The standard InChI is InChI=1S/C16H13F3N2O2/c17-16(18,19)12-8-6-11(7-9-12)15(23)21-13(14(20)22)10-4-2-1-3-5-10/h1-9,13H,(H2,20,22)(H,21,23)/t13-/m1/s1. The fourth-order valence-electron chi connectivity index (χ4n) is 1.99. The molecule has 0 spiro atoms. The number of amides is 2. The first-order valence-corrected chi connectivity index (χ1v) is 6.61. The highest BCUT2D eigenvalue weighted by molar-refractivity contribution is 5.97. The second kappa shape index (κ2) is 6.51. The number of carbonyl (C=O) groups excluding carboxylic acids is 2. The summed E-state index contributed by atoms with van der Waals surface area (Å²) in [6.07, 6.45) is -4.48. The Kier molecular flexibility index (Phi) is 4.68. The first-order chi connectivity index (χ1) is 10.8. The fourth-order valence-corrected chi connectivity index (χ4v) is 1.99. The third-order valence-electron chi connectivity index (χ3n) is 3.17. The number of halogens is 3. The topological polar surface area (TPSA) is 72.2 Å². The number of nitrogens with two attached hydrogens (primary N) is 1. The number of carbonyl (C=O) groups is 2. The fraction of sp³-hybridized carbons (Fsp3) is 0.125. The summed E-state index contributed by atoms with van der Waals surface area (Å²) in [6, 6.07) is 10.9. The van der Waals surface area contributed by atoms with Crippen molar-refractivity contribution >= 4 is 11.8 Å². The van der Waals surface area contributed by atoms with Crippen LogP contribution in [0.5, 0.6) is 0 Å². The van der Waals surface area contributed by atoms with Gasteiger partial charge in [-0.1, -0.05) is 30.3 Å². The quantitative estimate of drug-likeness (QED) is 0.908. The Labute approximate surface area is 130 Å². The molecule has 0 aliphatic heterocycles. The average molecular weight is 322 g/mol. The van der Waals surface area contributed by atoms with Gasteiger partial charge in [0.25, 0.3) is 5.91 Å². The molecule has 0 aliphatic rings. The summed E-state index contributed by atoms with van der Waals surface area (Å²) in [5.74, 6) is -1.46. The summed E-state index contributed by atoms with van der Waals surface area (Å²) in [6.45, 7) is 0. The lowest BCUT2D eigenvalue weighted by Gasteiger charge is -2.16.